The van der Waals surface area contributed by atoms with Crippen molar-refractivity contribution in [2.24, 2.45) is 16.8 Å². The van der Waals surface area contributed by atoms with Gasteiger partial charge in [0.25, 0.3) is 0 Å². The summed E-state index contributed by atoms with van der Waals surface area (Å²) in [6.07, 6.45) is 2.74. The van der Waals surface area contributed by atoms with Crippen LogP contribution >= 0.6 is 24.0 Å². The van der Waals surface area contributed by atoms with Crippen LogP contribution in [0.3, 0.4) is 0 Å². The van der Waals surface area contributed by atoms with Gasteiger partial charge in [0.2, 0.25) is 5.91 Å². The van der Waals surface area contributed by atoms with E-state index in [1.807, 2.05) is 24.3 Å². The summed E-state index contributed by atoms with van der Waals surface area (Å²) in [5, 5.41) is 18.7. The van der Waals surface area contributed by atoms with E-state index in [9.17, 15) is 9.90 Å². The van der Waals surface area contributed by atoms with Crippen molar-refractivity contribution in [1.29, 1.82) is 0 Å². The Morgan fingerprint density at radius 3 is 2.39 bits per heavy atom. The molecule has 28 heavy (non-hydrogen) atoms. The number of benzene rings is 1. The van der Waals surface area contributed by atoms with Crippen molar-refractivity contribution in [3.8, 4) is 0 Å². The third-order valence-electron chi connectivity index (χ3n) is 4.17. The smallest absolute Gasteiger partial charge is 0.221 e. The molecule has 1 amide bonds. The number of nitrogens with zero attached hydrogens (tertiary/aromatic N) is 1. The maximum absolute atomic E-state index is 11.1. The highest BCUT2D eigenvalue weighted by Gasteiger charge is 2.10. The van der Waals surface area contributed by atoms with Gasteiger partial charge >= 0.3 is 0 Å². The normalized spacial score (nSPS) is 12.3. The second-order valence-corrected chi connectivity index (χ2v) is 7.28. The molecular formula is C21H37IN4O2. The molecule has 1 rings (SSSR count). The molecule has 160 valence electrons. The van der Waals surface area contributed by atoms with Crippen molar-refractivity contribution in [2.45, 2.75) is 47.0 Å². The zero-order chi connectivity index (χ0) is 20.1. The maximum Gasteiger partial charge on any atom is 0.221 e. The second kappa shape index (κ2) is 15.6. The molecule has 1 unspecified atom stereocenters. The first-order valence-electron chi connectivity index (χ1n) is 9.94. The number of hydrogen-bond acceptors (Lipinski definition) is 3. The van der Waals surface area contributed by atoms with Crippen molar-refractivity contribution in [1.82, 2.24) is 10.6 Å². The number of aliphatic hydroxyl groups is 1. The van der Waals surface area contributed by atoms with Crippen LogP contribution in [0.5, 0.6) is 0 Å². The molecule has 1 aromatic carbocycles. The minimum atomic E-state index is -0.0621. The van der Waals surface area contributed by atoms with Crippen LogP contribution in [-0.2, 0) is 11.2 Å². The molecule has 0 radical (unpaired) electrons. The number of guanidine groups is 1. The van der Waals surface area contributed by atoms with Crippen LogP contribution in [0.1, 0.15) is 46.1 Å². The first kappa shape index (κ1) is 26.6. The van der Waals surface area contributed by atoms with Gasteiger partial charge in [0, 0.05) is 38.9 Å². The minimum absolute atomic E-state index is 0. The predicted molar refractivity (Wildman–Crippen MR) is 128 cm³/mol. The topological polar surface area (TPSA) is 85.8 Å². The molecule has 0 bridgehead atoms. The Kier molecular flexibility index (Phi) is 14.8. The summed E-state index contributed by atoms with van der Waals surface area (Å²) in [4.78, 5) is 15.8. The van der Waals surface area contributed by atoms with Crippen LogP contribution < -0.4 is 16.0 Å². The van der Waals surface area contributed by atoms with Gasteiger partial charge in [-0.15, -0.1) is 24.0 Å². The molecule has 0 spiro atoms. The molecule has 0 aromatic heterocycles. The van der Waals surface area contributed by atoms with E-state index in [2.05, 4.69) is 36.7 Å². The lowest BCUT2D eigenvalue weighted by atomic mass is 9.94. The fraction of sp³-hybridized carbons (Fsp3) is 0.619. The molecule has 0 saturated carbocycles. The fourth-order valence-corrected chi connectivity index (χ4v) is 2.98. The van der Waals surface area contributed by atoms with E-state index >= 15 is 0 Å². The molecule has 1 atom stereocenters. The number of carbonyl (C=O) groups is 1. The van der Waals surface area contributed by atoms with E-state index in [0.29, 0.717) is 11.8 Å². The zero-order valence-electron chi connectivity index (χ0n) is 17.6. The highest BCUT2D eigenvalue weighted by atomic mass is 127. The zero-order valence-corrected chi connectivity index (χ0v) is 20.0. The number of nitrogens with one attached hydrogen (secondary N) is 3. The van der Waals surface area contributed by atoms with Crippen LogP contribution in [0.2, 0.25) is 0 Å². The summed E-state index contributed by atoms with van der Waals surface area (Å²) in [6.45, 7) is 10.5. The van der Waals surface area contributed by atoms with Crippen molar-refractivity contribution in [2.75, 3.05) is 31.6 Å². The number of carbonyl (C=O) groups excluding carboxylic acids is 1. The van der Waals surface area contributed by atoms with Gasteiger partial charge < -0.3 is 21.1 Å². The Labute approximate surface area is 187 Å². The summed E-state index contributed by atoms with van der Waals surface area (Å²) in [5.74, 6) is 1.77. The van der Waals surface area contributed by atoms with Crippen molar-refractivity contribution in [3.05, 3.63) is 29.8 Å². The molecule has 0 aliphatic rings. The molecule has 4 N–H and O–H groups in total. The summed E-state index contributed by atoms with van der Waals surface area (Å²) >= 11 is 0. The van der Waals surface area contributed by atoms with Crippen molar-refractivity contribution < 1.29 is 9.90 Å². The Morgan fingerprint density at radius 2 is 1.86 bits per heavy atom. The lowest BCUT2D eigenvalue weighted by Gasteiger charge is -2.17. The van der Waals surface area contributed by atoms with Gasteiger partial charge in [-0.1, -0.05) is 26.0 Å². The van der Waals surface area contributed by atoms with Crippen molar-refractivity contribution >= 4 is 41.5 Å². The lowest BCUT2D eigenvalue weighted by molar-refractivity contribution is -0.114. The molecule has 0 saturated heterocycles. The maximum atomic E-state index is 11.1. The molecule has 7 heteroatoms. The number of aliphatic hydroxyl groups excluding tert-OH is 1. The molecule has 1 aromatic rings. The van der Waals surface area contributed by atoms with Gasteiger partial charge in [-0.25, -0.2) is 0 Å². The monoisotopic (exact) mass is 504 g/mol. The summed E-state index contributed by atoms with van der Waals surface area (Å²) in [6, 6.07) is 7.89. The molecule has 6 nitrogen and oxygen atoms in total. The number of rotatable bonds is 11. The highest BCUT2D eigenvalue weighted by molar-refractivity contribution is 14.0. The number of halogens is 1. The standard InChI is InChI=1S/C21H36N4O2.HI/c1-5-22-21(24-15-19(11-13-26)14-16(2)3)23-12-10-18-6-8-20(9-7-18)25-17(4)27;/h6-9,16,19,26H,5,10-15H2,1-4H3,(H,25,27)(H2,22,23,24);1H. The van der Waals surface area contributed by atoms with E-state index < -0.39 is 0 Å². The van der Waals surface area contributed by atoms with Crippen LogP contribution in [0.15, 0.2) is 29.3 Å². The second-order valence-electron chi connectivity index (χ2n) is 7.28. The Bertz CT molecular complexity index is 576. The van der Waals surface area contributed by atoms with Crippen molar-refractivity contribution in [3.63, 3.8) is 0 Å². The fourth-order valence-electron chi connectivity index (χ4n) is 2.98. The van der Waals surface area contributed by atoms with Crippen LogP contribution in [0.4, 0.5) is 5.69 Å². The molecule has 0 heterocycles. The summed E-state index contributed by atoms with van der Waals surface area (Å²) < 4.78 is 0. The summed E-state index contributed by atoms with van der Waals surface area (Å²) in [5.41, 5.74) is 2.01. The molecule has 0 aliphatic heterocycles. The number of amides is 1. The molecule has 0 fully saturated rings. The average Bonchev–Trinajstić information content (AvgIpc) is 2.60. The first-order valence-corrected chi connectivity index (χ1v) is 9.94. The molecular weight excluding hydrogens is 467 g/mol. The Balaban J connectivity index is 0.00000729. The van der Waals surface area contributed by atoms with Gasteiger partial charge in [0.05, 0.1) is 0 Å². The Hall–Kier alpha value is -1.35. The predicted octanol–water partition coefficient (Wildman–Crippen LogP) is 3.41. The van der Waals surface area contributed by atoms with Gasteiger partial charge in [-0.3, -0.25) is 9.79 Å². The highest BCUT2D eigenvalue weighted by Crippen LogP contribution is 2.15. The number of aliphatic imine (C=N–C) groups is 1. The Morgan fingerprint density at radius 1 is 1.18 bits per heavy atom. The quantitative estimate of drug-likeness (QED) is 0.212. The summed E-state index contributed by atoms with van der Waals surface area (Å²) in [7, 11) is 0. The number of anilines is 1. The van der Waals surface area contributed by atoms with Crippen LogP contribution in [-0.4, -0.2) is 43.2 Å². The third kappa shape index (κ3) is 12.2. The van der Waals surface area contributed by atoms with E-state index in [4.69, 9.17) is 4.99 Å². The SMILES string of the molecule is CCNC(=NCC(CCO)CC(C)C)NCCc1ccc(NC(C)=O)cc1.I. The van der Waals surface area contributed by atoms with E-state index in [0.717, 1.165) is 50.5 Å². The van der Waals surface area contributed by atoms with E-state index in [-0.39, 0.29) is 36.5 Å². The largest absolute Gasteiger partial charge is 0.396 e. The van der Waals surface area contributed by atoms with Crippen LogP contribution in [0.25, 0.3) is 0 Å². The number of hydrogen-bond donors (Lipinski definition) is 4. The minimum Gasteiger partial charge on any atom is -0.396 e. The van der Waals surface area contributed by atoms with Crippen LogP contribution in [0, 0.1) is 11.8 Å². The first-order chi connectivity index (χ1) is 12.9. The van der Waals surface area contributed by atoms with E-state index in [1.54, 1.807) is 0 Å². The van der Waals surface area contributed by atoms with Gasteiger partial charge in [0.15, 0.2) is 5.96 Å². The van der Waals surface area contributed by atoms with Gasteiger partial charge in [-0.05, 0) is 55.7 Å². The van der Waals surface area contributed by atoms with Gasteiger partial charge in [0.1, 0.15) is 0 Å². The van der Waals surface area contributed by atoms with E-state index in [1.165, 1.54) is 12.5 Å². The lowest BCUT2D eigenvalue weighted by Crippen LogP contribution is -2.38. The third-order valence-corrected chi connectivity index (χ3v) is 4.17. The molecule has 0 aliphatic carbocycles. The average molecular weight is 504 g/mol. The van der Waals surface area contributed by atoms with Gasteiger partial charge in [-0.2, -0.15) is 0 Å².